The van der Waals surface area contributed by atoms with Gasteiger partial charge in [0.1, 0.15) is 12.0 Å². The van der Waals surface area contributed by atoms with Gasteiger partial charge < -0.3 is 9.51 Å². The normalized spacial score (nSPS) is 10.3. The molecule has 11 heavy (non-hydrogen) atoms. The zero-order valence-corrected chi connectivity index (χ0v) is 6.16. The molecule has 0 aliphatic rings. The Labute approximate surface area is 64.0 Å². The lowest BCUT2D eigenvalue weighted by atomic mass is 10.2. The lowest BCUT2D eigenvalue weighted by Gasteiger charge is -1.90. The van der Waals surface area contributed by atoms with E-state index in [-0.39, 0.29) is 0 Å². The molecule has 0 aliphatic carbocycles. The molecule has 0 aromatic carbocycles. The summed E-state index contributed by atoms with van der Waals surface area (Å²) in [4.78, 5) is 3.09. The van der Waals surface area contributed by atoms with Gasteiger partial charge in [-0.25, -0.2) is 0 Å². The second-order valence-corrected chi connectivity index (χ2v) is 2.42. The van der Waals surface area contributed by atoms with Crippen molar-refractivity contribution < 1.29 is 4.52 Å². The number of hydrogen-bond acceptors (Lipinski definition) is 2. The van der Waals surface area contributed by atoms with Crippen LogP contribution < -0.4 is 0 Å². The maximum Gasteiger partial charge on any atom is 0.130 e. The fourth-order valence-electron chi connectivity index (χ4n) is 1.06. The third-order valence-corrected chi connectivity index (χ3v) is 1.65. The summed E-state index contributed by atoms with van der Waals surface area (Å²) in [6.07, 6.45) is 3.45. The Balaban J connectivity index is 2.53. The van der Waals surface area contributed by atoms with Gasteiger partial charge in [0.05, 0.1) is 5.69 Å². The number of H-pyrrole nitrogens is 1. The summed E-state index contributed by atoms with van der Waals surface area (Å²) >= 11 is 0. The second kappa shape index (κ2) is 2.27. The van der Waals surface area contributed by atoms with Crippen molar-refractivity contribution in [2.75, 3.05) is 0 Å². The van der Waals surface area contributed by atoms with Crippen molar-refractivity contribution in [2.24, 2.45) is 0 Å². The molecule has 0 radical (unpaired) electrons. The van der Waals surface area contributed by atoms with E-state index < -0.39 is 0 Å². The van der Waals surface area contributed by atoms with Crippen LogP contribution in [-0.2, 0) is 0 Å². The van der Waals surface area contributed by atoms with Crippen LogP contribution in [0.15, 0.2) is 29.1 Å². The molecule has 0 atom stereocenters. The monoisotopic (exact) mass is 148 g/mol. The molecule has 0 aliphatic heterocycles. The Morgan fingerprint density at radius 3 is 2.91 bits per heavy atom. The first-order chi connectivity index (χ1) is 5.38. The quantitative estimate of drug-likeness (QED) is 0.671. The highest BCUT2D eigenvalue weighted by Crippen LogP contribution is 2.18. The number of hydrogen-bond donors (Lipinski definition) is 1. The summed E-state index contributed by atoms with van der Waals surface area (Å²) in [6, 6.07) is 3.84. The van der Waals surface area contributed by atoms with Gasteiger partial charge >= 0.3 is 0 Å². The summed E-state index contributed by atoms with van der Waals surface area (Å²) < 4.78 is 4.72. The van der Waals surface area contributed by atoms with E-state index in [0.717, 1.165) is 11.4 Å². The minimum atomic E-state index is 0.854. The highest BCUT2D eigenvalue weighted by atomic mass is 16.5. The van der Waals surface area contributed by atoms with Crippen LogP contribution in [0.1, 0.15) is 5.56 Å². The van der Waals surface area contributed by atoms with Crippen LogP contribution in [0, 0.1) is 6.92 Å². The maximum atomic E-state index is 4.72. The molecular formula is C8H8N2O. The Morgan fingerprint density at radius 1 is 1.45 bits per heavy atom. The van der Waals surface area contributed by atoms with Crippen molar-refractivity contribution in [3.63, 3.8) is 0 Å². The van der Waals surface area contributed by atoms with Gasteiger partial charge in [-0.05, 0) is 18.6 Å². The van der Waals surface area contributed by atoms with Crippen molar-refractivity contribution in [3.8, 4) is 11.4 Å². The molecule has 3 heteroatoms. The molecule has 0 bridgehead atoms. The summed E-state index contributed by atoms with van der Waals surface area (Å²) in [5.74, 6) is 0. The minimum Gasteiger partial charge on any atom is -0.364 e. The highest BCUT2D eigenvalue weighted by Gasteiger charge is 2.03. The van der Waals surface area contributed by atoms with Crippen LogP contribution in [-0.4, -0.2) is 10.1 Å². The largest absolute Gasteiger partial charge is 0.364 e. The molecule has 2 aromatic rings. The van der Waals surface area contributed by atoms with Gasteiger partial charge in [0.25, 0.3) is 0 Å². The summed E-state index contributed by atoms with van der Waals surface area (Å²) in [6.45, 7) is 2.03. The Morgan fingerprint density at radius 2 is 2.36 bits per heavy atom. The fourth-order valence-corrected chi connectivity index (χ4v) is 1.06. The average Bonchev–Trinajstić information content (AvgIpc) is 2.55. The van der Waals surface area contributed by atoms with E-state index in [2.05, 4.69) is 10.1 Å². The van der Waals surface area contributed by atoms with Gasteiger partial charge in [-0.15, -0.1) is 0 Å². The number of aromatic amines is 1. The van der Waals surface area contributed by atoms with Gasteiger partial charge in [-0.1, -0.05) is 5.16 Å². The number of nitrogens with zero attached hydrogens (tertiary/aromatic N) is 1. The van der Waals surface area contributed by atoms with Crippen molar-refractivity contribution in [1.29, 1.82) is 0 Å². The number of nitrogens with one attached hydrogen (secondary N) is 1. The smallest absolute Gasteiger partial charge is 0.130 e. The first-order valence-corrected chi connectivity index (χ1v) is 3.42. The van der Waals surface area contributed by atoms with E-state index in [1.807, 2.05) is 25.3 Å². The lowest BCUT2D eigenvalue weighted by molar-refractivity contribution is 0.422. The van der Waals surface area contributed by atoms with E-state index in [1.54, 1.807) is 6.26 Å². The lowest BCUT2D eigenvalue weighted by Crippen LogP contribution is -1.78. The standard InChI is InChI=1S/C8H8N2O/c1-6-2-4-9-8(6)7-3-5-11-10-7/h2-5,9H,1H3. The molecule has 56 valence electrons. The van der Waals surface area contributed by atoms with Crippen LogP contribution in [0.3, 0.4) is 0 Å². The van der Waals surface area contributed by atoms with Crippen LogP contribution in [0.4, 0.5) is 0 Å². The zero-order valence-electron chi connectivity index (χ0n) is 6.16. The third-order valence-electron chi connectivity index (χ3n) is 1.65. The van der Waals surface area contributed by atoms with Gasteiger partial charge in [-0.2, -0.15) is 0 Å². The molecule has 0 saturated carbocycles. The van der Waals surface area contributed by atoms with Crippen molar-refractivity contribution >= 4 is 0 Å². The maximum absolute atomic E-state index is 4.72. The van der Waals surface area contributed by atoms with E-state index in [9.17, 15) is 0 Å². The second-order valence-electron chi connectivity index (χ2n) is 2.42. The molecule has 0 unspecified atom stereocenters. The third kappa shape index (κ3) is 0.941. The molecule has 1 N–H and O–H groups in total. The zero-order chi connectivity index (χ0) is 7.68. The summed E-state index contributed by atoms with van der Waals surface area (Å²) in [7, 11) is 0. The van der Waals surface area contributed by atoms with Gasteiger partial charge in [0, 0.05) is 12.3 Å². The van der Waals surface area contributed by atoms with Gasteiger partial charge in [0.2, 0.25) is 0 Å². The predicted molar refractivity (Wildman–Crippen MR) is 41.0 cm³/mol. The molecule has 2 aromatic heterocycles. The first-order valence-electron chi connectivity index (χ1n) is 3.42. The predicted octanol–water partition coefficient (Wildman–Crippen LogP) is 1.98. The molecule has 0 spiro atoms. The number of aryl methyl sites for hydroxylation is 1. The number of rotatable bonds is 1. The highest BCUT2D eigenvalue weighted by molar-refractivity contribution is 5.57. The van der Waals surface area contributed by atoms with Crippen molar-refractivity contribution in [2.45, 2.75) is 6.92 Å². The van der Waals surface area contributed by atoms with E-state index >= 15 is 0 Å². The molecule has 2 rings (SSSR count). The van der Waals surface area contributed by atoms with Gasteiger partial charge in [-0.3, -0.25) is 0 Å². The SMILES string of the molecule is Cc1cc[nH]c1-c1ccon1. The Hall–Kier alpha value is -1.51. The Bertz CT molecular complexity index is 335. The van der Waals surface area contributed by atoms with Crippen LogP contribution >= 0.6 is 0 Å². The fraction of sp³-hybridized carbons (Fsp3) is 0.125. The van der Waals surface area contributed by atoms with E-state index in [1.165, 1.54) is 5.56 Å². The van der Waals surface area contributed by atoms with Crippen molar-refractivity contribution in [3.05, 3.63) is 30.2 Å². The molecular weight excluding hydrogens is 140 g/mol. The number of aromatic nitrogens is 2. The van der Waals surface area contributed by atoms with Crippen LogP contribution in [0.2, 0.25) is 0 Å². The van der Waals surface area contributed by atoms with Crippen LogP contribution in [0.25, 0.3) is 11.4 Å². The summed E-state index contributed by atoms with van der Waals surface area (Å²) in [5.41, 5.74) is 3.06. The molecule has 0 amide bonds. The minimum absolute atomic E-state index is 0.854. The molecule has 0 fully saturated rings. The average molecular weight is 148 g/mol. The van der Waals surface area contributed by atoms with E-state index in [4.69, 9.17) is 4.52 Å². The molecule has 3 nitrogen and oxygen atoms in total. The molecule has 0 saturated heterocycles. The van der Waals surface area contributed by atoms with Crippen LogP contribution in [0.5, 0.6) is 0 Å². The molecule has 2 heterocycles. The van der Waals surface area contributed by atoms with Crippen molar-refractivity contribution in [1.82, 2.24) is 10.1 Å². The van der Waals surface area contributed by atoms with Gasteiger partial charge in [0.15, 0.2) is 0 Å². The summed E-state index contributed by atoms with van der Waals surface area (Å²) in [5, 5.41) is 3.81. The topological polar surface area (TPSA) is 41.8 Å². The Kier molecular flexibility index (Phi) is 1.28. The first kappa shape index (κ1) is 6.22. The van der Waals surface area contributed by atoms with E-state index in [0.29, 0.717) is 0 Å².